The van der Waals surface area contributed by atoms with Crippen molar-refractivity contribution in [1.29, 1.82) is 0 Å². The number of carbonyl (C=O) groups is 1. The van der Waals surface area contributed by atoms with Gasteiger partial charge in [0, 0.05) is 22.5 Å². The van der Waals surface area contributed by atoms with Crippen LogP contribution in [0.5, 0.6) is 0 Å². The predicted molar refractivity (Wildman–Crippen MR) is 101 cm³/mol. The van der Waals surface area contributed by atoms with Gasteiger partial charge in [0.2, 0.25) is 0 Å². The van der Waals surface area contributed by atoms with E-state index in [4.69, 9.17) is 4.18 Å². The second kappa shape index (κ2) is 6.60. The van der Waals surface area contributed by atoms with Gasteiger partial charge < -0.3 is 4.18 Å². The van der Waals surface area contributed by atoms with Crippen molar-refractivity contribution >= 4 is 18.3 Å². The highest BCUT2D eigenvalue weighted by atomic mass is 32.2. The zero-order valence-electron chi connectivity index (χ0n) is 16.4. The standard InChI is InChI=1S/C20H32O2S/c1-18(2,3)14-11-15(19(4,5)6)17(23-22-10)16(13(14)12-21)20(7,8)9/h11-12H,1-10H3. The smallest absolute Gasteiger partial charge is 0.150 e. The second-order valence-corrected chi connectivity index (χ2v) is 10.1. The van der Waals surface area contributed by atoms with E-state index in [1.54, 1.807) is 7.11 Å². The van der Waals surface area contributed by atoms with Crippen molar-refractivity contribution in [3.8, 4) is 0 Å². The van der Waals surface area contributed by atoms with Gasteiger partial charge >= 0.3 is 0 Å². The molecule has 0 spiro atoms. The van der Waals surface area contributed by atoms with Crippen LogP contribution in [0, 0.1) is 0 Å². The van der Waals surface area contributed by atoms with Gasteiger partial charge in [0.1, 0.15) is 0 Å². The normalized spacial score (nSPS) is 13.3. The van der Waals surface area contributed by atoms with E-state index in [9.17, 15) is 4.79 Å². The molecule has 0 saturated carbocycles. The van der Waals surface area contributed by atoms with Gasteiger partial charge in [0.15, 0.2) is 6.29 Å². The van der Waals surface area contributed by atoms with Gasteiger partial charge in [-0.1, -0.05) is 68.4 Å². The first-order valence-electron chi connectivity index (χ1n) is 8.13. The van der Waals surface area contributed by atoms with Crippen LogP contribution in [0.4, 0.5) is 0 Å². The molecule has 0 aliphatic rings. The van der Waals surface area contributed by atoms with E-state index in [2.05, 4.69) is 68.4 Å². The molecule has 0 atom stereocenters. The van der Waals surface area contributed by atoms with Crippen LogP contribution in [0.2, 0.25) is 0 Å². The van der Waals surface area contributed by atoms with Crippen molar-refractivity contribution in [2.24, 2.45) is 0 Å². The van der Waals surface area contributed by atoms with Crippen LogP contribution < -0.4 is 0 Å². The summed E-state index contributed by atoms with van der Waals surface area (Å²) in [7, 11) is 1.68. The van der Waals surface area contributed by atoms with Crippen molar-refractivity contribution in [3.05, 3.63) is 28.3 Å². The number of benzene rings is 1. The molecular weight excluding hydrogens is 304 g/mol. The summed E-state index contributed by atoms with van der Waals surface area (Å²) in [6.07, 6.45) is 1.02. The Kier molecular flexibility index (Phi) is 5.81. The Morgan fingerprint density at radius 3 is 1.65 bits per heavy atom. The zero-order valence-corrected chi connectivity index (χ0v) is 17.2. The van der Waals surface area contributed by atoms with Crippen LogP contribution in [-0.4, -0.2) is 13.4 Å². The van der Waals surface area contributed by atoms with E-state index >= 15 is 0 Å². The van der Waals surface area contributed by atoms with E-state index in [0.717, 1.165) is 27.9 Å². The molecule has 0 fully saturated rings. The third-order valence-electron chi connectivity index (χ3n) is 3.97. The zero-order chi connectivity index (χ0) is 18.2. The van der Waals surface area contributed by atoms with Gasteiger partial charge in [-0.25, -0.2) is 0 Å². The van der Waals surface area contributed by atoms with Gasteiger partial charge in [-0.3, -0.25) is 4.79 Å². The minimum atomic E-state index is -0.141. The molecule has 0 N–H and O–H groups in total. The minimum absolute atomic E-state index is 0.0255. The maximum absolute atomic E-state index is 12.0. The average molecular weight is 337 g/mol. The topological polar surface area (TPSA) is 26.3 Å². The van der Waals surface area contributed by atoms with Crippen molar-refractivity contribution in [2.45, 2.75) is 83.5 Å². The van der Waals surface area contributed by atoms with Crippen molar-refractivity contribution in [1.82, 2.24) is 0 Å². The van der Waals surface area contributed by atoms with Crippen LogP contribution in [0.3, 0.4) is 0 Å². The molecule has 0 saturated heterocycles. The Morgan fingerprint density at radius 2 is 1.35 bits per heavy atom. The Bertz CT molecular complexity index is 582. The molecule has 3 heteroatoms. The Morgan fingerprint density at radius 1 is 0.870 bits per heavy atom. The quantitative estimate of drug-likeness (QED) is 0.497. The molecule has 0 aromatic heterocycles. The highest BCUT2D eigenvalue weighted by Crippen LogP contribution is 2.45. The number of carbonyl (C=O) groups excluding carboxylic acids is 1. The molecule has 0 unspecified atom stereocenters. The fourth-order valence-corrected chi connectivity index (χ4v) is 4.01. The lowest BCUT2D eigenvalue weighted by Crippen LogP contribution is -2.26. The number of rotatable bonds is 3. The Balaban J connectivity index is 4.05. The summed E-state index contributed by atoms with van der Waals surface area (Å²) >= 11 is 1.37. The summed E-state index contributed by atoms with van der Waals surface area (Å²) in [5, 5.41) is 0. The molecule has 0 aliphatic heterocycles. The lowest BCUT2D eigenvalue weighted by Gasteiger charge is -2.34. The third-order valence-corrected chi connectivity index (χ3v) is 4.73. The van der Waals surface area contributed by atoms with Gasteiger partial charge in [-0.05, 0) is 32.9 Å². The number of aldehydes is 1. The molecular formula is C20H32O2S. The van der Waals surface area contributed by atoms with Gasteiger partial charge in [-0.15, -0.1) is 0 Å². The highest BCUT2D eigenvalue weighted by Gasteiger charge is 2.33. The first-order valence-corrected chi connectivity index (χ1v) is 8.87. The third kappa shape index (κ3) is 4.39. The van der Waals surface area contributed by atoms with Crippen molar-refractivity contribution in [2.75, 3.05) is 7.11 Å². The second-order valence-electron chi connectivity index (χ2n) is 9.21. The first kappa shape index (κ1) is 20.2. The summed E-state index contributed by atoms with van der Waals surface area (Å²) in [5.41, 5.74) is 4.01. The van der Waals surface area contributed by atoms with Crippen molar-refractivity contribution in [3.63, 3.8) is 0 Å². The fraction of sp³-hybridized carbons (Fsp3) is 0.650. The number of hydrogen-bond donors (Lipinski definition) is 0. The summed E-state index contributed by atoms with van der Waals surface area (Å²) < 4.78 is 5.43. The molecule has 0 amide bonds. The van der Waals surface area contributed by atoms with Crippen LogP contribution in [0.25, 0.3) is 0 Å². The Labute approximate surface area is 146 Å². The monoisotopic (exact) mass is 336 g/mol. The van der Waals surface area contributed by atoms with Crippen LogP contribution >= 0.6 is 12.0 Å². The molecule has 130 valence electrons. The SMILES string of the molecule is COSc1c(C(C)(C)C)cc(C(C)(C)C)c(C=O)c1C(C)(C)C. The average Bonchev–Trinajstić information content (AvgIpc) is 2.33. The van der Waals surface area contributed by atoms with Crippen molar-refractivity contribution < 1.29 is 8.98 Å². The predicted octanol–water partition coefficient (Wildman–Crippen LogP) is 6.05. The molecule has 1 rings (SSSR count). The van der Waals surface area contributed by atoms with E-state index in [0.29, 0.717) is 0 Å². The van der Waals surface area contributed by atoms with Crippen LogP contribution in [-0.2, 0) is 20.4 Å². The Hall–Kier alpha value is -0.800. The maximum Gasteiger partial charge on any atom is 0.150 e. The molecule has 0 radical (unpaired) electrons. The number of hydrogen-bond acceptors (Lipinski definition) is 3. The lowest BCUT2D eigenvalue weighted by molar-refractivity contribution is 0.111. The highest BCUT2D eigenvalue weighted by molar-refractivity contribution is 7.94. The molecule has 0 aliphatic carbocycles. The summed E-state index contributed by atoms with van der Waals surface area (Å²) in [6.45, 7) is 19.6. The van der Waals surface area contributed by atoms with E-state index in [1.165, 1.54) is 17.6 Å². The van der Waals surface area contributed by atoms with E-state index in [1.807, 2.05) is 0 Å². The molecule has 0 bridgehead atoms. The molecule has 23 heavy (non-hydrogen) atoms. The van der Waals surface area contributed by atoms with Crippen LogP contribution in [0.1, 0.15) is 89.4 Å². The molecule has 2 nitrogen and oxygen atoms in total. The van der Waals surface area contributed by atoms with Gasteiger partial charge in [-0.2, -0.15) is 0 Å². The summed E-state index contributed by atoms with van der Waals surface area (Å²) in [4.78, 5) is 13.1. The van der Waals surface area contributed by atoms with Crippen LogP contribution in [0.15, 0.2) is 11.0 Å². The summed E-state index contributed by atoms with van der Waals surface area (Å²) in [5.74, 6) is 0. The molecule has 1 aromatic rings. The maximum atomic E-state index is 12.0. The van der Waals surface area contributed by atoms with Gasteiger partial charge in [0.25, 0.3) is 0 Å². The van der Waals surface area contributed by atoms with E-state index < -0.39 is 0 Å². The molecule has 1 aromatic carbocycles. The summed E-state index contributed by atoms with van der Waals surface area (Å²) in [6, 6.07) is 2.21. The van der Waals surface area contributed by atoms with Gasteiger partial charge in [0.05, 0.1) is 7.11 Å². The lowest BCUT2D eigenvalue weighted by atomic mass is 9.72. The van der Waals surface area contributed by atoms with E-state index in [-0.39, 0.29) is 16.2 Å². The fourth-order valence-electron chi connectivity index (χ4n) is 2.89. The first-order chi connectivity index (χ1) is 10.2. The minimum Gasteiger partial charge on any atom is -0.314 e. The largest absolute Gasteiger partial charge is 0.314 e. The molecule has 0 heterocycles.